The van der Waals surface area contributed by atoms with E-state index in [0.29, 0.717) is 0 Å². The standard InChI is InChI=1S/C8H9S/c1-2-3-5-8-6-4-7-9-8/h2-4,6-7H,1,5H2. The van der Waals surface area contributed by atoms with Gasteiger partial charge in [-0.15, -0.1) is 11.3 Å². The summed E-state index contributed by atoms with van der Waals surface area (Å²) in [6.07, 6.45) is 4.92. The van der Waals surface area contributed by atoms with E-state index in [-0.39, 0.29) is 0 Å². The zero-order valence-electron chi connectivity index (χ0n) is 5.21. The van der Waals surface area contributed by atoms with Crippen LogP contribution in [-0.4, -0.2) is 0 Å². The van der Waals surface area contributed by atoms with Crippen molar-refractivity contribution in [2.75, 3.05) is 0 Å². The van der Waals surface area contributed by atoms with Crippen LogP contribution in [0.15, 0.2) is 29.7 Å². The van der Waals surface area contributed by atoms with Gasteiger partial charge in [0.2, 0.25) is 0 Å². The first-order valence-electron chi connectivity index (χ1n) is 2.90. The van der Waals surface area contributed by atoms with E-state index >= 15 is 0 Å². The van der Waals surface area contributed by atoms with Crippen LogP contribution in [0, 0.1) is 6.92 Å². The smallest absolute Gasteiger partial charge is 0.00828 e. The second kappa shape index (κ2) is 3.46. The van der Waals surface area contributed by atoms with Crippen LogP contribution in [0.25, 0.3) is 0 Å². The highest BCUT2D eigenvalue weighted by molar-refractivity contribution is 7.09. The van der Waals surface area contributed by atoms with Gasteiger partial charge in [-0.05, 0) is 24.8 Å². The molecule has 0 aliphatic heterocycles. The Kier molecular flexibility index (Phi) is 2.52. The van der Waals surface area contributed by atoms with Gasteiger partial charge in [0.05, 0.1) is 0 Å². The van der Waals surface area contributed by atoms with Crippen LogP contribution in [0.3, 0.4) is 0 Å². The van der Waals surface area contributed by atoms with Crippen molar-refractivity contribution in [2.45, 2.75) is 6.42 Å². The predicted molar refractivity (Wildman–Crippen MR) is 42.5 cm³/mol. The summed E-state index contributed by atoms with van der Waals surface area (Å²) in [7, 11) is 0. The number of allylic oxidation sites excluding steroid dienone is 2. The van der Waals surface area contributed by atoms with Crippen molar-refractivity contribution in [1.82, 2.24) is 0 Å². The molecule has 0 spiro atoms. The fraction of sp³-hybridized carbons (Fsp3) is 0.125. The van der Waals surface area contributed by atoms with Gasteiger partial charge in [-0.1, -0.05) is 18.2 Å². The van der Waals surface area contributed by atoms with Crippen molar-refractivity contribution < 1.29 is 0 Å². The third-order valence-electron chi connectivity index (χ3n) is 1.07. The molecule has 0 aromatic carbocycles. The molecule has 47 valence electrons. The van der Waals surface area contributed by atoms with Crippen LogP contribution in [0.2, 0.25) is 0 Å². The van der Waals surface area contributed by atoms with Crippen LogP contribution in [-0.2, 0) is 6.42 Å². The Bertz CT molecular complexity index is 172. The molecule has 0 amide bonds. The maximum atomic E-state index is 3.61. The van der Waals surface area contributed by atoms with Crippen LogP contribution in [0.5, 0.6) is 0 Å². The van der Waals surface area contributed by atoms with Crippen LogP contribution < -0.4 is 0 Å². The molecule has 1 aromatic rings. The van der Waals surface area contributed by atoms with E-state index in [0.717, 1.165) is 6.42 Å². The second-order valence-corrected chi connectivity index (χ2v) is 2.79. The van der Waals surface area contributed by atoms with E-state index in [4.69, 9.17) is 0 Å². The monoisotopic (exact) mass is 137 g/mol. The Hall–Kier alpha value is -0.560. The minimum Gasteiger partial charge on any atom is -0.149 e. The Morgan fingerprint density at radius 3 is 3.11 bits per heavy atom. The molecule has 1 heteroatoms. The third kappa shape index (κ3) is 2.02. The summed E-state index contributed by atoms with van der Waals surface area (Å²) in [5.41, 5.74) is 0. The summed E-state index contributed by atoms with van der Waals surface area (Å²) < 4.78 is 0. The average Bonchev–Trinajstić information content (AvgIpc) is 2.34. The first kappa shape index (κ1) is 6.56. The van der Waals surface area contributed by atoms with E-state index < -0.39 is 0 Å². The molecule has 0 fully saturated rings. The maximum Gasteiger partial charge on any atom is 0.00828 e. The minimum absolute atomic E-state index is 1.03. The van der Waals surface area contributed by atoms with Gasteiger partial charge in [0, 0.05) is 4.88 Å². The Balaban J connectivity index is 2.48. The van der Waals surface area contributed by atoms with E-state index in [1.54, 1.807) is 11.3 Å². The Morgan fingerprint density at radius 1 is 1.67 bits per heavy atom. The maximum absolute atomic E-state index is 3.61. The van der Waals surface area contributed by atoms with Crippen molar-refractivity contribution in [2.24, 2.45) is 0 Å². The molecule has 1 radical (unpaired) electrons. The molecular formula is C8H9S. The number of hydrogen-bond donors (Lipinski definition) is 0. The Morgan fingerprint density at radius 2 is 2.56 bits per heavy atom. The van der Waals surface area contributed by atoms with Gasteiger partial charge in [0.1, 0.15) is 0 Å². The molecule has 0 aliphatic rings. The lowest BCUT2D eigenvalue weighted by Gasteiger charge is -1.83. The molecule has 1 rings (SSSR count). The van der Waals surface area contributed by atoms with Gasteiger partial charge in [-0.2, -0.15) is 0 Å². The van der Waals surface area contributed by atoms with Gasteiger partial charge >= 0.3 is 0 Å². The molecule has 0 bridgehead atoms. The van der Waals surface area contributed by atoms with E-state index in [1.807, 2.05) is 6.08 Å². The van der Waals surface area contributed by atoms with Gasteiger partial charge in [0.25, 0.3) is 0 Å². The molecule has 0 nitrogen and oxygen atoms in total. The van der Waals surface area contributed by atoms with Crippen LogP contribution >= 0.6 is 11.3 Å². The first-order valence-corrected chi connectivity index (χ1v) is 3.78. The molecule has 1 aromatic heterocycles. The number of rotatable bonds is 2. The lowest BCUT2D eigenvalue weighted by Crippen LogP contribution is -1.68. The SMILES string of the molecule is [CH2]C=CCc1cccs1. The average molecular weight is 137 g/mol. The van der Waals surface area contributed by atoms with Gasteiger partial charge in [-0.25, -0.2) is 0 Å². The fourth-order valence-corrected chi connectivity index (χ4v) is 1.31. The van der Waals surface area contributed by atoms with Gasteiger partial charge in [0.15, 0.2) is 0 Å². The van der Waals surface area contributed by atoms with Crippen molar-refractivity contribution in [1.29, 1.82) is 0 Å². The zero-order valence-corrected chi connectivity index (χ0v) is 6.03. The van der Waals surface area contributed by atoms with Crippen molar-refractivity contribution in [3.05, 3.63) is 41.5 Å². The highest BCUT2D eigenvalue weighted by Crippen LogP contribution is 2.08. The third-order valence-corrected chi connectivity index (χ3v) is 1.96. The lowest BCUT2D eigenvalue weighted by atomic mass is 10.3. The van der Waals surface area contributed by atoms with E-state index in [2.05, 4.69) is 30.5 Å². The highest BCUT2D eigenvalue weighted by atomic mass is 32.1. The molecular weight excluding hydrogens is 128 g/mol. The topological polar surface area (TPSA) is 0 Å². The summed E-state index contributed by atoms with van der Waals surface area (Å²) in [4.78, 5) is 1.40. The molecule has 1 heterocycles. The van der Waals surface area contributed by atoms with Crippen molar-refractivity contribution in [3.8, 4) is 0 Å². The summed E-state index contributed by atoms with van der Waals surface area (Å²) in [5.74, 6) is 0. The number of hydrogen-bond acceptors (Lipinski definition) is 1. The predicted octanol–water partition coefficient (Wildman–Crippen LogP) is 2.68. The first-order chi connectivity index (χ1) is 4.43. The summed E-state index contributed by atoms with van der Waals surface area (Å²) >= 11 is 1.78. The Labute approximate surface area is 59.8 Å². The number of thiophene rings is 1. The molecule has 0 unspecified atom stereocenters. The summed E-state index contributed by atoms with van der Waals surface area (Å²) in [6.45, 7) is 3.61. The summed E-state index contributed by atoms with van der Waals surface area (Å²) in [5, 5.41) is 2.09. The molecule has 0 N–H and O–H groups in total. The minimum atomic E-state index is 1.03. The largest absolute Gasteiger partial charge is 0.149 e. The quantitative estimate of drug-likeness (QED) is 0.588. The van der Waals surface area contributed by atoms with Crippen LogP contribution in [0.1, 0.15) is 4.88 Å². The molecule has 0 aliphatic carbocycles. The lowest BCUT2D eigenvalue weighted by molar-refractivity contribution is 1.34. The molecule has 0 saturated carbocycles. The van der Waals surface area contributed by atoms with Crippen molar-refractivity contribution >= 4 is 11.3 Å². The summed E-state index contributed by atoms with van der Waals surface area (Å²) in [6, 6.07) is 4.20. The molecule has 9 heavy (non-hydrogen) atoms. The van der Waals surface area contributed by atoms with Crippen LogP contribution in [0.4, 0.5) is 0 Å². The highest BCUT2D eigenvalue weighted by Gasteiger charge is 1.85. The molecule has 0 atom stereocenters. The molecule has 0 saturated heterocycles. The van der Waals surface area contributed by atoms with Gasteiger partial charge < -0.3 is 0 Å². The van der Waals surface area contributed by atoms with E-state index in [9.17, 15) is 0 Å². The van der Waals surface area contributed by atoms with Gasteiger partial charge in [-0.3, -0.25) is 0 Å². The fourth-order valence-electron chi connectivity index (χ4n) is 0.628. The van der Waals surface area contributed by atoms with Crippen molar-refractivity contribution in [3.63, 3.8) is 0 Å². The van der Waals surface area contributed by atoms with E-state index in [1.165, 1.54) is 4.88 Å². The zero-order chi connectivity index (χ0) is 6.53. The normalized spacial score (nSPS) is 10.8. The second-order valence-electron chi connectivity index (χ2n) is 1.75.